The number of carbonyl (C=O) groups excluding carboxylic acids is 3. The van der Waals surface area contributed by atoms with Crippen molar-refractivity contribution in [2.75, 3.05) is 18.5 Å². The zero-order chi connectivity index (χ0) is 28.9. The molecule has 0 radical (unpaired) electrons. The molecule has 5 rings (SSSR count). The predicted molar refractivity (Wildman–Crippen MR) is 154 cm³/mol. The summed E-state index contributed by atoms with van der Waals surface area (Å²) in [5.41, 5.74) is 1.33. The van der Waals surface area contributed by atoms with E-state index in [4.69, 9.17) is 9.47 Å². The molecule has 4 aromatic rings. The first-order valence-electron chi connectivity index (χ1n) is 12.7. The number of halogens is 2. The van der Waals surface area contributed by atoms with Crippen molar-refractivity contribution in [2.24, 2.45) is 0 Å². The number of hydrogen-bond donors (Lipinski definition) is 1. The third-order valence-corrected chi connectivity index (χ3v) is 7.06. The molecule has 1 fully saturated rings. The second-order valence-electron chi connectivity index (χ2n) is 9.05. The molecule has 0 aliphatic carbocycles. The number of fused-ring (bicyclic) bond motifs is 1. The Bertz CT molecular complexity index is 1690. The minimum atomic E-state index is -0.970. The molecule has 0 aromatic heterocycles. The van der Waals surface area contributed by atoms with E-state index in [-0.39, 0.29) is 10.6 Å². The molecule has 0 unspecified atom stereocenters. The Morgan fingerprint density at radius 2 is 1.73 bits per heavy atom. The summed E-state index contributed by atoms with van der Waals surface area (Å²) in [4.78, 5) is 38.6. The van der Waals surface area contributed by atoms with Crippen LogP contribution < -0.4 is 14.8 Å². The lowest BCUT2D eigenvalue weighted by molar-refractivity contribution is -0.127. The Kier molecular flexibility index (Phi) is 8.30. The summed E-state index contributed by atoms with van der Waals surface area (Å²) in [6.45, 7) is 1.93. The Labute approximate surface area is 238 Å². The van der Waals surface area contributed by atoms with Crippen molar-refractivity contribution in [3.8, 4) is 11.5 Å². The number of rotatable bonds is 9. The number of imide groups is 1. The maximum Gasteiger partial charge on any atom is 0.294 e. The molecule has 1 aliphatic rings. The van der Waals surface area contributed by atoms with E-state index < -0.39 is 35.2 Å². The zero-order valence-electron chi connectivity index (χ0n) is 21.9. The molecule has 10 heteroatoms. The van der Waals surface area contributed by atoms with E-state index in [2.05, 4.69) is 11.4 Å². The molecule has 0 bridgehead atoms. The van der Waals surface area contributed by atoms with Crippen molar-refractivity contribution in [1.29, 1.82) is 0 Å². The minimum Gasteiger partial charge on any atom is -0.490 e. The third-order valence-electron chi connectivity index (χ3n) is 6.15. The smallest absolute Gasteiger partial charge is 0.294 e. The summed E-state index contributed by atoms with van der Waals surface area (Å²) in [6, 6.07) is 22.0. The molecule has 0 spiro atoms. The predicted octanol–water partition coefficient (Wildman–Crippen LogP) is 6.77. The molecule has 0 atom stereocenters. The van der Waals surface area contributed by atoms with E-state index in [0.29, 0.717) is 48.1 Å². The lowest BCUT2D eigenvalue weighted by Gasteiger charge is -2.13. The molecule has 0 saturated carbocycles. The van der Waals surface area contributed by atoms with Gasteiger partial charge in [-0.05, 0) is 77.0 Å². The summed E-state index contributed by atoms with van der Waals surface area (Å²) in [5, 5.41) is 3.86. The van der Waals surface area contributed by atoms with Gasteiger partial charge in [0.2, 0.25) is 5.91 Å². The monoisotopic (exact) mass is 574 g/mol. The van der Waals surface area contributed by atoms with Gasteiger partial charge in [0.15, 0.2) is 11.5 Å². The molecule has 1 N–H and O–H groups in total. The number of anilines is 1. The Hall–Kier alpha value is -4.70. The summed E-state index contributed by atoms with van der Waals surface area (Å²) < 4.78 is 38.8. The lowest BCUT2D eigenvalue weighted by Crippen LogP contribution is -2.36. The lowest BCUT2D eigenvalue weighted by atomic mass is 10.1. The van der Waals surface area contributed by atoms with Crippen LogP contribution in [0.3, 0.4) is 0 Å². The van der Waals surface area contributed by atoms with Gasteiger partial charge in [-0.1, -0.05) is 42.5 Å². The average Bonchev–Trinajstić information content (AvgIpc) is 3.21. The number of thioether (sulfide) groups is 1. The van der Waals surface area contributed by atoms with E-state index >= 15 is 0 Å². The molecule has 4 aromatic carbocycles. The molecule has 7 nitrogen and oxygen atoms in total. The fourth-order valence-electron chi connectivity index (χ4n) is 4.20. The van der Waals surface area contributed by atoms with E-state index in [1.165, 1.54) is 6.08 Å². The Balaban J connectivity index is 1.27. The van der Waals surface area contributed by atoms with Crippen molar-refractivity contribution in [1.82, 2.24) is 4.90 Å². The van der Waals surface area contributed by atoms with Crippen LogP contribution in [0.4, 0.5) is 19.3 Å². The van der Waals surface area contributed by atoms with Gasteiger partial charge in [-0.3, -0.25) is 19.3 Å². The molecule has 1 saturated heterocycles. The van der Waals surface area contributed by atoms with Crippen LogP contribution in [-0.4, -0.2) is 35.1 Å². The van der Waals surface area contributed by atoms with E-state index in [1.807, 2.05) is 43.3 Å². The van der Waals surface area contributed by atoms with Crippen molar-refractivity contribution >= 4 is 51.4 Å². The highest BCUT2D eigenvalue weighted by Crippen LogP contribution is 2.35. The molecule has 1 heterocycles. The van der Waals surface area contributed by atoms with E-state index in [9.17, 15) is 23.2 Å². The van der Waals surface area contributed by atoms with Crippen molar-refractivity contribution in [3.05, 3.63) is 107 Å². The van der Waals surface area contributed by atoms with Crippen LogP contribution in [0.25, 0.3) is 16.8 Å². The molecular formula is C31H24F2N2O5S. The number of amides is 3. The van der Waals surface area contributed by atoms with Gasteiger partial charge in [-0.25, -0.2) is 8.78 Å². The van der Waals surface area contributed by atoms with E-state index in [0.717, 1.165) is 33.4 Å². The summed E-state index contributed by atoms with van der Waals surface area (Å²) in [5.74, 6) is -2.23. The van der Waals surface area contributed by atoms with Gasteiger partial charge in [0, 0.05) is 6.07 Å². The SMILES string of the molecule is CCOc1cc(/C=C2/SC(=O)N(CC(=O)Nc3ccc(F)cc3F)C2=O)ccc1OCc1ccc2ccccc2c1. The number of benzene rings is 4. The standard InChI is InChI=1S/C31H24F2N2O5S/c1-2-39-27-14-19(8-12-26(27)40-18-20-7-9-21-5-3-4-6-22(21)13-20)15-28-30(37)35(31(38)41-28)17-29(36)34-25-11-10-23(32)16-24(25)33/h3-16H,2,17-18H2,1H3,(H,34,36)/b28-15+. The summed E-state index contributed by atoms with van der Waals surface area (Å²) in [7, 11) is 0. The highest BCUT2D eigenvalue weighted by molar-refractivity contribution is 8.18. The molecular weight excluding hydrogens is 550 g/mol. The van der Waals surface area contributed by atoms with Crippen LogP contribution in [-0.2, 0) is 16.2 Å². The van der Waals surface area contributed by atoms with E-state index in [1.54, 1.807) is 18.2 Å². The molecule has 208 valence electrons. The van der Waals surface area contributed by atoms with Gasteiger partial charge in [0.25, 0.3) is 11.1 Å². The number of ether oxygens (including phenoxy) is 2. The van der Waals surface area contributed by atoms with Gasteiger partial charge < -0.3 is 14.8 Å². The third kappa shape index (κ3) is 6.55. The number of carbonyl (C=O) groups is 3. The van der Waals surface area contributed by atoms with Gasteiger partial charge in [-0.15, -0.1) is 0 Å². The largest absolute Gasteiger partial charge is 0.490 e. The fourth-order valence-corrected chi connectivity index (χ4v) is 5.04. The zero-order valence-corrected chi connectivity index (χ0v) is 22.7. The second kappa shape index (κ2) is 12.2. The minimum absolute atomic E-state index is 0.114. The molecule has 41 heavy (non-hydrogen) atoms. The number of hydrogen-bond acceptors (Lipinski definition) is 6. The average molecular weight is 575 g/mol. The highest BCUT2D eigenvalue weighted by Gasteiger charge is 2.36. The fraction of sp³-hybridized carbons (Fsp3) is 0.129. The Morgan fingerprint density at radius 1 is 0.927 bits per heavy atom. The van der Waals surface area contributed by atoms with Crippen LogP contribution in [0.15, 0.2) is 83.8 Å². The quantitative estimate of drug-likeness (QED) is 0.222. The topological polar surface area (TPSA) is 84.9 Å². The first-order valence-corrected chi connectivity index (χ1v) is 13.5. The summed E-state index contributed by atoms with van der Waals surface area (Å²) >= 11 is 0.685. The van der Waals surface area contributed by atoms with Gasteiger partial charge in [0.05, 0.1) is 17.2 Å². The molecule has 3 amide bonds. The molecule has 1 aliphatic heterocycles. The normalized spacial score (nSPS) is 14.1. The van der Waals surface area contributed by atoms with Gasteiger partial charge >= 0.3 is 0 Å². The van der Waals surface area contributed by atoms with Crippen LogP contribution in [0.1, 0.15) is 18.1 Å². The van der Waals surface area contributed by atoms with Crippen molar-refractivity contribution in [3.63, 3.8) is 0 Å². The first-order chi connectivity index (χ1) is 19.8. The maximum atomic E-state index is 13.9. The second-order valence-corrected chi connectivity index (χ2v) is 10.0. The van der Waals surface area contributed by atoms with Gasteiger partial charge in [-0.2, -0.15) is 0 Å². The summed E-state index contributed by atoms with van der Waals surface area (Å²) in [6.07, 6.45) is 1.53. The Morgan fingerprint density at radius 3 is 2.51 bits per heavy atom. The van der Waals surface area contributed by atoms with Crippen molar-refractivity contribution in [2.45, 2.75) is 13.5 Å². The number of nitrogens with zero attached hydrogens (tertiary/aromatic N) is 1. The van der Waals surface area contributed by atoms with Gasteiger partial charge in [0.1, 0.15) is 24.8 Å². The maximum absolute atomic E-state index is 13.9. The van der Waals surface area contributed by atoms with Crippen LogP contribution in [0, 0.1) is 11.6 Å². The first kappa shape index (κ1) is 27.9. The van der Waals surface area contributed by atoms with Crippen LogP contribution in [0.5, 0.6) is 11.5 Å². The van der Waals surface area contributed by atoms with Crippen molar-refractivity contribution < 1.29 is 32.6 Å². The van der Waals surface area contributed by atoms with Crippen LogP contribution >= 0.6 is 11.8 Å². The number of nitrogens with one attached hydrogen (secondary N) is 1. The van der Waals surface area contributed by atoms with Crippen LogP contribution in [0.2, 0.25) is 0 Å². The highest BCUT2D eigenvalue weighted by atomic mass is 32.2.